The van der Waals surface area contributed by atoms with Crippen molar-refractivity contribution < 1.29 is 4.74 Å². The first-order valence-corrected chi connectivity index (χ1v) is 11.4. The van der Waals surface area contributed by atoms with Gasteiger partial charge in [0.25, 0.3) is 0 Å². The molecule has 0 unspecified atom stereocenters. The normalized spacial score (nSPS) is 11.9. The predicted octanol–water partition coefficient (Wildman–Crippen LogP) is 4.32. The zero-order chi connectivity index (χ0) is 22.7. The number of methoxy groups -OCH3 is 1. The second-order valence-corrected chi connectivity index (χ2v) is 9.85. The monoisotopic (exact) mass is 451 g/mol. The highest BCUT2D eigenvalue weighted by Crippen LogP contribution is 2.38. The first kappa shape index (κ1) is 22.3. The number of hydrogen-bond acceptors (Lipinski definition) is 7. The number of nitrogens with zero attached hydrogens (tertiary/aromatic N) is 5. The van der Waals surface area contributed by atoms with E-state index in [9.17, 15) is 0 Å². The second-order valence-electron chi connectivity index (χ2n) is 8.84. The number of nitrogens with one attached hydrogen (secondary N) is 2. The van der Waals surface area contributed by atoms with Crippen LogP contribution in [-0.2, 0) is 6.54 Å². The number of hydrogen-bond donors (Lipinski definition) is 2. The third-order valence-corrected chi connectivity index (χ3v) is 6.07. The molecule has 0 radical (unpaired) electrons. The highest BCUT2D eigenvalue weighted by atomic mass is 32.2. The Morgan fingerprint density at radius 2 is 2.03 bits per heavy atom. The molecule has 0 saturated heterocycles. The van der Waals surface area contributed by atoms with Gasteiger partial charge in [0.05, 0.1) is 18.5 Å². The van der Waals surface area contributed by atoms with Gasteiger partial charge in [-0.15, -0.1) is 0 Å². The molecule has 0 atom stereocenters. The molecule has 8 nitrogen and oxygen atoms in total. The van der Waals surface area contributed by atoms with E-state index in [1.165, 1.54) is 0 Å². The number of aromatic amines is 1. The van der Waals surface area contributed by atoms with E-state index in [0.717, 1.165) is 63.6 Å². The van der Waals surface area contributed by atoms with E-state index in [1.54, 1.807) is 25.2 Å². The minimum atomic E-state index is 0.229. The highest BCUT2D eigenvalue weighted by Gasteiger charge is 2.18. The third kappa shape index (κ3) is 4.94. The predicted molar refractivity (Wildman–Crippen MR) is 127 cm³/mol. The van der Waals surface area contributed by atoms with Crippen LogP contribution in [0.2, 0.25) is 0 Å². The Balaban J connectivity index is 1.71. The summed E-state index contributed by atoms with van der Waals surface area (Å²) in [5.41, 5.74) is 4.67. The molecular weight excluding hydrogens is 422 g/mol. The molecular formula is C23H29N7OS. The summed E-state index contributed by atoms with van der Waals surface area (Å²) in [6, 6.07) is 7.96. The smallest absolute Gasteiger partial charge is 0.175 e. The molecule has 0 aliphatic heterocycles. The standard InChI is InChI=1S/C23H29N7OS/c1-15-20-21(26-14-25-15)30(11-10-24-13-23(2,3)4)22(28-20)32-19-12-16(31-5)6-7-17(19)18-8-9-27-29-18/h6-9,12,14,24H,10-11,13H2,1-5H3,(H,27,29). The minimum Gasteiger partial charge on any atom is -0.497 e. The molecule has 4 aromatic rings. The average molecular weight is 452 g/mol. The molecule has 3 heterocycles. The van der Waals surface area contributed by atoms with Gasteiger partial charge in [0.2, 0.25) is 0 Å². The summed E-state index contributed by atoms with van der Waals surface area (Å²) in [6.07, 6.45) is 3.43. The van der Waals surface area contributed by atoms with Gasteiger partial charge in [0.1, 0.15) is 17.6 Å². The number of fused-ring (bicyclic) bond motifs is 1. The second kappa shape index (κ2) is 9.30. The molecule has 9 heteroatoms. The Bertz CT molecular complexity index is 1200. The number of H-pyrrole nitrogens is 1. The molecule has 0 fully saturated rings. The summed E-state index contributed by atoms with van der Waals surface area (Å²) in [6.45, 7) is 11.2. The molecule has 1 aromatic carbocycles. The van der Waals surface area contributed by atoms with Gasteiger partial charge in [-0.3, -0.25) is 5.10 Å². The van der Waals surface area contributed by atoms with Gasteiger partial charge in [-0.05, 0) is 36.6 Å². The van der Waals surface area contributed by atoms with E-state index in [4.69, 9.17) is 9.72 Å². The summed E-state index contributed by atoms with van der Waals surface area (Å²) in [5.74, 6) is 0.789. The Kier molecular flexibility index (Phi) is 6.48. The fraction of sp³-hybridized carbons (Fsp3) is 0.391. The minimum absolute atomic E-state index is 0.229. The lowest BCUT2D eigenvalue weighted by Gasteiger charge is -2.19. The fourth-order valence-electron chi connectivity index (χ4n) is 3.40. The number of ether oxygens (including phenoxy) is 1. The first-order valence-electron chi connectivity index (χ1n) is 10.6. The Hall–Kier alpha value is -2.91. The van der Waals surface area contributed by atoms with Crippen LogP contribution in [0.3, 0.4) is 0 Å². The van der Waals surface area contributed by atoms with Crippen molar-refractivity contribution in [3.05, 3.63) is 42.5 Å². The Morgan fingerprint density at radius 1 is 1.19 bits per heavy atom. The maximum atomic E-state index is 5.48. The van der Waals surface area contributed by atoms with Crippen LogP contribution in [0.25, 0.3) is 22.4 Å². The maximum absolute atomic E-state index is 5.48. The number of aromatic nitrogens is 6. The third-order valence-electron chi connectivity index (χ3n) is 5.01. The summed E-state index contributed by atoms with van der Waals surface area (Å²) in [5, 5.41) is 11.7. The average Bonchev–Trinajstić information content (AvgIpc) is 3.40. The van der Waals surface area contributed by atoms with Gasteiger partial charge in [-0.2, -0.15) is 5.10 Å². The SMILES string of the molecule is COc1ccc(-c2cc[nH]n2)c(Sc2nc3c(C)ncnc3n2CCNCC(C)(C)C)c1. The van der Waals surface area contributed by atoms with E-state index >= 15 is 0 Å². The van der Waals surface area contributed by atoms with Crippen molar-refractivity contribution in [2.24, 2.45) is 5.41 Å². The molecule has 0 spiro atoms. The lowest BCUT2D eigenvalue weighted by molar-refractivity contribution is 0.375. The Morgan fingerprint density at radius 3 is 2.75 bits per heavy atom. The van der Waals surface area contributed by atoms with Gasteiger partial charge in [0.15, 0.2) is 10.8 Å². The van der Waals surface area contributed by atoms with Crippen molar-refractivity contribution in [1.29, 1.82) is 0 Å². The van der Waals surface area contributed by atoms with E-state index in [2.05, 4.69) is 50.8 Å². The Labute approximate surface area is 192 Å². The largest absolute Gasteiger partial charge is 0.497 e. The van der Waals surface area contributed by atoms with Crippen LogP contribution in [0.4, 0.5) is 0 Å². The van der Waals surface area contributed by atoms with E-state index < -0.39 is 0 Å². The number of benzene rings is 1. The van der Waals surface area contributed by atoms with Crippen molar-refractivity contribution in [2.45, 2.75) is 44.3 Å². The quantitative estimate of drug-likeness (QED) is 0.385. The molecule has 2 N–H and O–H groups in total. The summed E-state index contributed by atoms with van der Waals surface area (Å²) in [7, 11) is 1.67. The van der Waals surface area contributed by atoms with E-state index in [-0.39, 0.29) is 5.41 Å². The molecule has 0 aliphatic rings. The van der Waals surface area contributed by atoms with Crippen molar-refractivity contribution >= 4 is 22.9 Å². The van der Waals surface area contributed by atoms with E-state index in [0.29, 0.717) is 0 Å². The van der Waals surface area contributed by atoms with Crippen LogP contribution in [0, 0.1) is 12.3 Å². The molecule has 168 valence electrons. The van der Waals surface area contributed by atoms with Gasteiger partial charge >= 0.3 is 0 Å². The summed E-state index contributed by atoms with van der Waals surface area (Å²) >= 11 is 1.59. The van der Waals surface area contributed by atoms with Crippen LogP contribution in [0.1, 0.15) is 26.5 Å². The molecule has 32 heavy (non-hydrogen) atoms. The van der Waals surface area contributed by atoms with Crippen molar-refractivity contribution in [3.8, 4) is 17.0 Å². The van der Waals surface area contributed by atoms with Gasteiger partial charge in [0, 0.05) is 36.3 Å². The van der Waals surface area contributed by atoms with Crippen molar-refractivity contribution in [2.75, 3.05) is 20.2 Å². The number of rotatable bonds is 8. The molecule has 3 aromatic heterocycles. The van der Waals surface area contributed by atoms with E-state index in [1.807, 2.05) is 37.4 Å². The van der Waals surface area contributed by atoms with Crippen LogP contribution in [0.15, 0.2) is 46.8 Å². The first-order chi connectivity index (χ1) is 15.4. The fourth-order valence-corrected chi connectivity index (χ4v) is 4.48. The molecule has 0 saturated carbocycles. The molecule has 0 bridgehead atoms. The lowest BCUT2D eigenvalue weighted by atomic mass is 9.97. The van der Waals surface area contributed by atoms with Gasteiger partial charge in [-0.25, -0.2) is 15.0 Å². The highest BCUT2D eigenvalue weighted by molar-refractivity contribution is 7.99. The van der Waals surface area contributed by atoms with Gasteiger partial charge in [-0.1, -0.05) is 32.5 Å². The number of imidazole rings is 1. The van der Waals surface area contributed by atoms with Crippen LogP contribution in [0.5, 0.6) is 5.75 Å². The summed E-state index contributed by atoms with van der Waals surface area (Å²) in [4.78, 5) is 14.8. The summed E-state index contributed by atoms with van der Waals surface area (Å²) < 4.78 is 7.65. The van der Waals surface area contributed by atoms with Crippen molar-refractivity contribution in [3.63, 3.8) is 0 Å². The van der Waals surface area contributed by atoms with Crippen molar-refractivity contribution in [1.82, 2.24) is 35.0 Å². The maximum Gasteiger partial charge on any atom is 0.175 e. The number of aryl methyl sites for hydroxylation is 1. The molecule has 4 rings (SSSR count). The topological polar surface area (TPSA) is 93.5 Å². The molecule has 0 amide bonds. The lowest BCUT2D eigenvalue weighted by Crippen LogP contribution is -2.29. The molecule has 0 aliphatic carbocycles. The van der Waals surface area contributed by atoms with Crippen LogP contribution >= 0.6 is 11.8 Å². The van der Waals surface area contributed by atoms with Crippen LogP contribution in [-0.4, -0.2) is 49.9 Å². The van der Waals surface area contributed by atoms with Gasteiger partial charge < -0.3 is 14.6 Å². The zero-order valence-corrected chi connectivity index (χ0v) is 20.0. The zero-order valence-electron chi connectivity index (χ0n) is 19.1. The van der Waals surface area contributed by atoms with Crippen LogP contribution < -0.4 is 10.1 Å².